The van der Waals surface area contributed by atoms with E-state index < -0.39 is 0 Å². The van der Waals surface area contributed by atoms with E-state index in [1.807, 2.05) is 6.26 Å². The highest BCUT2D eigenvalue weighted by molar-refractivity contribution is 7.97. The SMILES string of the molecule is CSCc1noc(-c2nc(N)n[nH]2)n1. The number of anilines is 1. The van der Waals surface area contributed by atoms with E-state index in [0.717, 1.165) is 0 Å². The Balaban J connectivity index is 2.24. The molecule has 0 radical (unpaired) electrons. The maximum absolute atomic E-state index is 5.33. The highest BCUT2D eigenvalue weighted by atomic mass is 32.2. The lowest BCUT2D eigenvalue weighted by molar-refractivity contribution is 0.422. The summed E-state index contributed by atoms with van der Waals surface area (Å²) >= 11 is 1.61. The molecule has 0 unspecified atom stereocenters. The number of thioether (sulfide) groups is 1. The minimum Gasteiger partial charge on any atom is -0.366 e. The van der Waals surface area contributed by atoms with Gasteiger partial charge in [-0.2, -0.15) is 21.7 Å². The molecule has 0 amide bonds. The molecule has 0 aliphatic heterocycles. The zero-order valence-electron chi connectivity index (χ0n) is 7.39. The number of aromatic amines is 1. The van der Waals surface area contributed by atoms with Gasteiger partial charge < -0.3 is 10.3 Å². The largest absolute Gasteiger partial charge is 0.366 e. The third-order valence-electron chi connectivity index (χ3n) is 1.45. The van der Waals surface area contributed by atoms with E-state index in [-0.39, 0.29) is 5.95 Å². The Morgan fingerprint density at radius 1 is 1.50 bits per heavy atom. The molecule has 14 heavy (non-hydrogen) atoms. The van der Waals surface area contributed by atoms with Gasteiger partial charge in [0.15, 0.2) is 5.82 Å². The van der Waals surface area contributed by atoms with Crippen LogP contribution in [0.4, 0.5) is 5.95 Å². The van der Waals surface area contributed by atoms with Gasteiger partial charge in [-0.15, -0.1) is 5.10 Å². The van der Waals surface area contributed by atoms with Crippen LogP contribution in [0.15, 0.2) is 4.52 Å². The van der Waals surface area contributed by atoms with Crippen LogP contribution in [0.1, 0.15) is 5.82 Å². The molecule has 3 N–H and O–H groups in total. The zero-order valence-corrected chi connectivity index (χ0v) is 8.21. The van der Waals surface area contributed by atoms with Crippen molar-refractivity contribution in [2.75, 3.05) is 12.0 Å². The number of nitrogens with two attached hydrogens (primary N) is 1. The number of nitrogens with zero attached hydrogens (tertiary/aromatic N) is 4. The molecule has 2 rings (SSSR count). The Morgan fingerprint density at radius 2 is 2.36 bits per heavy atom. The monoisotopic (exact) mass is 212 g/mol. The second-order valence-electron chi connectivity index (χ2n) is 2.49. The fourth-order valence-electron chi connectivity index (χ4n) is 0.908. The lowest BCUT2D eigenvalue weighted by atomic mass is 10.6. The topological polar surface area (TPSA) is 107 Å². The van der Waals surface area contributed by atoms with Crippen LogP contribution in [-0.4, -0.2) is 31.6 Å². The van der Waals surface area contributed by atoms with E-state index in [4.69, 9.17) is 10.3 Å². The highest BCUT2D eigenvalue weighted by Gasteiger charge is 2.11. The highest BCUT2D eigenvalue weighted by Crippen LogP contribution is 2.13. The van der Waals surface area contributed by atoms with E-state index in [2.05, 4.69) is 25.3 Å². The van der Waals surface area contributed by atoms with Crippen LogP contribution < -0.4 is 5.73 Å². The molecule has 0 spiro atoms. The lowest BCUT2D eigenvalue weighted by Crippen LogP contribution is -1.86. The van der Waals surface area contributed by atoms with Crippen molar-refractivity contribution in [1.82, 2.24) is 25.3 Å². The lowest BCUT2D eigenvalue weighted by Gasteiger charge is -1.83. The first kappa shape index (κ1) is 9.00. The van der Waals surface area contributed by atoms with Crippen molar-refractivity contribution in [3.8, 4) is 11.7 Å². The smallest absolute Gasteiger partial charge is 0.295 e. The molecule has 7 nitrogen and oxygen atoms in total. The molecular weight excluding hydrogens is 204 g/mol. The van der Waals surface area contributed by atoms with Gasteiger partial charge in [0, 0.05) is 0 Å². The van der Waals surface area contributed by atoms with Crippen LogP contribution in [0.2, 0.25) is 0 Å². The summed E-state index contributed by atoms with van der Waals surface area (Å²) in [5.74, 6) is 2.18. The van der Waals surface area contributed by atoms with E-state index in [9.17, 15) is 0 Å². The standard InChI is InChI=1S/C6H8N6OS/c1-14-2-3-8-5(13-12-3)4-9-6(7)11-10-4/h2H2,1H3,(H3,7,9,10,11). The first-order chi connectivity index (χ1) is 6.79. The summed E-state index contributed by atoms with van der Waals surface area (Å²) in [5, 5.41) is 10.0. The Bertz CT molecular complexity index is 423. The molecule has 74 valence electrons. The maximum atomic E-state index is 5.33. The van der Waals surface area contributed by atoms with Gasteiger partial charge in [-0.3, -0.25) is 5.10 Å². The van der Waals surface area contributed by atoms with E-state index >= 15 is 0 Å². The zero-order chi connectivity index (χ0) is 9.97. The summed E-state index contributed by atoms with van der Waals surface area (Å²) in [6.45, 7) is 0. The number of nitrogens with one attached hydrogen (secondary N) is 1. The van der Waals surface area contributed by atoms with Gasteiger partial charge in [-0.05, 0) is 6.26 Å². The van der Waals surface area contributed by atoms with Crippen LogP contribution in [0.5, 0.6) is 0 Å². The van der Waals surface area contributed by atoms with Crippen LogP contribution >= 0.6 is 11.8 Å². The molecule has 8 heteroatoms. The summed E-state index contributed by atoms with van der Waals surface area (Å²) in [7, 11) is 0. The number of nitrogen functional groups attached to an aromatic ring is 1. The summed E-state index contributed by atoms with van der Waals surface area (Å²) in [5.41, 5.74) is 5.33. The maximum Gasteiger partial charge on any atom is 0.295 e. The second kappa shape index (κ2) is 3.66. The number of hydrogen-bond acceptors (Lipinski definition) is 7. The summed E-state index contributed by atoms with van der Waals surface area (Å²) in [6.07, 6.45) is 1.96. The molecule has 0 aliphatic rings. The van der Waals surface area contributed by atoms with Gasteiger partial charge in [0.05, 0.1) is 5.75 Å². The average molecular weight is 212 g/mol. The first-order valence-corrected chi connectivity index (χ1v) is 5.18. The Morgan fingerprint density at radius 3 is 3.00 bits per heavy atom. The Kier molecular flexibility index (Phi) is 2.35. The predicted octanol–water partition coefficient (Wildman–Crippen LogP) is 0.300. The Hall–Kier alpha value is -1.57. The predicted molar refractivity (Wildman–Crippen MR) is 51.3 cm³/mol. The summed E-state index contributed by atoms with van der Waals surface area (Å²) < 4.78 is 4.95. The summed E-state index contributed by atoms with van der Waals surface area (Å²) in [4.78, 5) is 7.96. The number of aromatic nitrogens is 5. The van der Waals surface area contributed by atoms with Crippen LogP contribution in [0.25, 0.3) is 11.7 Å². The van der Waals surface area contributed by atoms with E-state index in [0.29, 0.717) is 23.3 Å². The van der Waals surface area contributed by atoms with Crippen molar-refractivity contribution in [2.45, 2.75) is 5.75 Å². The van der Waals surface area contributed by atoms with Crippen molar-refractivity contribution < 1.29 is 4.52 Å². The van der Waals surface area contributed by atoms with Gasteiger partial charge in [0.25, 0.3) is 5.89 Å². The molecule has 0 aliphatic carbocycles. The molecule has 0 saturated carbocycles. The van der Waals surface area contributed by atoms with Gasteiger partial charge >= 0.3 is 0 Å². The van der Waals surface area contributed by atoms with Crippen LogP contribution in [0.3, 0.4) is 0 Å². The molecule has 0 fully saturated rings. The van der Waals surface area contributed by atoms with Crippen molar-refractivity contribution >= 4 is 17.7 Å². The number of rotatable bonds is 3. The molecule has 0 saturated heterocycles. The minimum absolute atomic E-state index is 0.157. The van der Waals surface area contributed by atoms with E-state index in [1.165, 1.54) is 0 Å². The number of hydrogen-bond donors (Lipinski definition) is 2. The van der Waals surface area contributed by atoms with Crippen molar-refractivity contribution in [3.63, 3.8) is 0 Å². The normalized spacial score (nSPS) is 10.6. The van der Waals surface area contributed by atoms with Gasteiger partial charge in [0.2, 0.25) is 11.8 Å². The first-order valence-electron chi connectivity index (χ1n) is 3.79. The fraction of sp³-hybridized carbons (Fsp3) is 0.333. The van der Waals surface area contributed by atoms with E-state index in [1.54, 1.807) is 11.8 Å². The van der Waals surface area contributed by atoms with Crippen molar-refractivity contribution in [2.24, 2.45) is 0 Å². The van der Waals surface area contributed by atoms with Gasteiger partial charge in [-0.25, -0.2) is 0 Å². The summed E-state index contributed by atoms with van der Waals surface area (Å²) in [6, 6.07) is 0. The molecule has 2 heterocycles. The third kappa shape index (κ3) is 1.69. The molecule has 2 aromatic rings. The fourth-order valence-corrected chi connectivity index (χ4v) is 1.28. The molecule has 0 bridgehead atoms. The quantitative estimate of drug-likeness (QED) is 0.753. The number of H-pyrrole nitrogens is 1. The minimum atomic E-state index is 0.157. The molecule has 2 aromatic heterocycles. The average Bonchev–Trinajstić information content (AvgIpc) is 2.74. The second-order valence-corrected chi connectivity index (χ2v) is 3.36. The molecule has 0 atom stereocenters. The van der Waals surface area contributed by atoms with Gasteiger partial charge in [0.1, 0.15) is 0 Å². The molecule has 0 aromatic carbocycles. The Labute approximate surface area is 83.5 Å². The third-order valence-corrected chi connectivity index (χ3v) is 1.99. The van der Waals surface area contributed by atoms with Crippen molar-refractivity contribution in [3.05, 3.63) is 5.82 Å². The van der Waals surface area contributed by atoms with Crippen molar-refractivity contribution in [1.29, 1.82) is 0 Å². The van der Waals surface area contributed by atoms with Crippen LogP contribution in [0, 0.1) is 0 Å². The van der Waals surface area contributed by atoms with Gasteiger partial charge in [-0.1, -0.05) is 5.16 Å². The van der Waals surface area contributed by atoms with Crippen LogP contribution in [-0.2, 0) is 5.75 Å². The molecular formula is C6H8N6OS.